The van der Waals surface area contributed by atoms with Crippen molar-refractivity contribution in [2.24, 2.45) is 0 Å². The van der Waals surface area contributed by atoms with Gasteiger partial charge in [-0.1, -0.05) is 0 Å². The Kier molecular flexibility index (Phi) is 5.19. The quantitative estimate of drug-likeness (QED) is 0.477. The van der Waals surface area contributed by atoms with Gasteiger partial charge in [-0.25, -0.2) is 4.79 Å². The lowest BCUT2D eigenvalue weighted by Gasteiger charge is -2.06. The molecule has 0 aromatic heterocycles. The van der Waals surface area contributed by atoms with E-state index in [9.17, 15) is 4.79 Å². The van der Waals surface area contributed by atoms with E-state index in [4.69, 9.17) is 5.26 Å². The normalized spacial score (nSPS) is 9.25. The third-order valence-electron chi connectivity index (χ3n) is 1.65. The Balaban J connectivity index is 2.49. The van der Waals surface area contributed by atoms with Gasteiger partial charge in [-0.05, 0) is 36.0 Å². The fraction of sp³-hybridized carbons (Fsp3) is 0.200. The third-order valence-corrected chi connectivity index (χ3v) is 2.25. The zero-order chi connectivity index (χ0) is 11.8. The lowest BCUT2D eigenvalue weighted by Crippen LogP contribution is -2.30. The van der Waals surface area contributed by atoms with Gasteiger partial charge in [0, 0.05) is 17.7 Å². The molecule has 2 amide bonds. The summed E-state index contributed by atoms with van der Waals surface area (Å²) in [5.74, 6) is 0. The summed E-state index contributed by atoms with van der Waals surface area (Å²) < 4.78 is 4.69. The highest BCUT2D eigenvalue weighted by atomic mass is 32.2. The highest BCUT2D eigenvalue weighted by Crippen LogP contribution is 2.18. The van der Waals surface area contributed by atoms with Crippen LogP contribution in [-0.4, -0.2) is 19.9 Å². The van der Waals surface area contributed by atoms with Crippen LogP contribution in [0.25, 0.3) is 0 Å². The van der Waals surface area contributed by atoms with Crippen molar-refractivity contribution < 1.29 is 9.53 Å². The third kappa shape index (κ3) is 4.21. The van der Waals surface area contributed by atoms with Gasteiger partial charge in [0.2, 0.25) is 0 Å². The van der Waals surface area contributed by atoms with E-state index >= 15 is 0 Å². The molecule has 0 bridgehead atoms. The molecule has 0 unspecified atom stereocenters. The number of amides is 2. The molecule has 84 valence electrons. The molecule has 0 radical (unpaired) electrons. The maximum absolute atomic E-state index is 11.2. The molecule has 2 N–H and O–H groups in total. The number of thiocyanates is 1. The lowest BCUT2D eigenvalue weighted by atomic mass is 10.3. The number of hydrogen-bond donors (Lipinski definition) is 2. The summed E-state index contributed by atoms with van der Waals surface area (Å²) >= 11 is 1.07. The fourth-order valence-electron chi connectivity index (χ4n) is 0.972. The number of anilines is 1. The Bertz CT molecular complexity index is 386. The maximum Gasteiger partial charge on any atom is 0.321 e. The summed E-state index contributed by atoms with van der Waals surface area (Å²) in [4.78, 5) is 12.1. The molecule has 0 saturated heterocycles. The molecule has 0 heterocycles. The van der Waals surface area contributed by atoms with E-state index in [-0.39, 0.29) is 12.8 Å². The first kappa shape index (κ1) is 12.4. The Morgan fingerprint density at radius 2 is 2.19 bits per heavy atom. The molecule has 0 spiro atoms. The molecular weight excluding hydrogens is 226 g/mol. The van der Waals surface area contributed by atoms with Gasteiger partial charge in [-0.3, -0.25) is 0 Å². The number of carbonyl (C=O) groups excluding carboxylic acids is 1. The molecule has 16 heavy (non-hydrogen) atoms. The van der Waals surface area contributed by atoms with Gasteiger partial charge in [0.05, 0.1) is 0 Å². The van der Waals surface area contributed by atoms with Gasteiger partial charge in [-0.2, -0.15) is 5.26 Å². The second-order valence-electron chi connectivity index (χ2n) is 2.78. The highest BCUT2D eigenvalue weighted by Gasteiger charge is 2.00. The SMILES string of the molecule is COCNC(=O)Nc1ccc(SC#N)cc1. The Hall–Kier alpha value is -1.71. The summed E-state index contributed by atoms with van der Waals surface area (Å²) in [5.41, 5.74) is 0.663. The molecule has 6 heteroatoms. The Labute approximate surface area is 97.8 Å². The molecule has 5 nitrogen and oxygen atoms in total. The van der Waals surface area contributed by atoms with Crippen LogP contribution in [0.3, 0.4) is 0 Å². The molecule has 0 aliphatic carbocycles. The standard InChI is InChI=1S/C10H11N3O2S/c1-15-7-12-10(14)13-8-2-4-9(5-3-8)16-6-11/h2-5H,7H2,1H3,(H2,12,13,14). The van der Waals surface area contributed by atoms with Crippen molar-refractivity contribution in [3.8, 4) is 5.40 Å². The smallest absolute Gasteiger partial charge is 0.321 e. The van der Waals surface area contributed by atoms with E-state index < -0.39 is 0 Å². The lowest BCUT2D eigenvalue weighted by molar-refractivity contribution is 0.177. The summed E-state index contributed by atoms with van der Waals surface area (Å²) in [6.45, 7) is 0.161. The predicted molar refractivity (Wildman–Crippen MR) is 61.9 cm³/mol. The average Bonchev–Trinajstić information content (AvgIpc) is 2.29. The summed E-state index contributed by atoms with van der Waals surface area (Å²) in [6, 6.07) is 6.65. The molecule has 1 rings (SSSR count). The molecule has 1 aromatic rings. The van der Waals surface area contributed by atoms with Gasteiger partial charge < -0.3 is 15.4 Å². The van der Waals surface area contributed by atoms with Crippen molar-refractivity contribution in [2.45, 2.75) is 4.90 Å². The minimum atomic E-state index is -0.331. The van der Waals surface area contributed by atoms with Crippen molar-refractivity contribution >= 4 is 23.5 Å². The van der Waals surface area contributed by atoms with Crippen LogP contribution in [0.1, 0.15) is 0 Å². The van der Waals surface area contributed by atoms with E-state index in [0.29, 0.717) is 5.69 Å². The van der Waals surface area contributed by atoms with Crippen molar-refractivity contribution in [3.05, 3.63) is 24.3 Å². The molecule has 0 fully saturated rings. The van der Waals surface area contributed by atoms with Crippen LogP contribution < -0.4 is 10.6 Å². The molecule has 1 aromatic carbocycles. The van der Waals surface area contributed by atoms with Crippen LogP contribution in [0.15, 0.2) is 29.2 Å². The number of nitrogens with zero attached hydrogens (tertiary/aromatic N) is 1. The van der Waals surface area contributed by atoms with Gasteiger partial charge in [-0.15, -0.1) is 0 Å². The number of benzene rings is 1. The van der Waals surface area contributed by atoms with Crippen LogP contribution in [0.2, 0.25) is 0 Å². The zero-order valence-electron chi connectivity index (χ0n) is 8.69. The van der Waals surface area contributed by atoms with E-state index in [1.807, 2.05) is 5.40 Å². The molecule has 0 atom stereocenters. The summed E-state index contributed by atoms with van der Waals surface area (Å²) in [7, 11) is 1.49. The van der Waals surface area contributed by atoms with Gasteiger partial charge >= 0.3 is 6.03 Å². The zero-order valence-corrected chi connectivity index (χ0v) is 9.50. The first-order valence-electron chi connectivity index (χ1n) is 4.46. The number of rotatable bonds is 4. The minimum Gasteiger partial charge on any atom is -0.364 e. The van der Waals surface area contributed by atoms with Gasteiger partial charge in [0.1, 0.15) is 12.1 Å². The Morgan fingerprint density at radius 3 is 2.75 bits per heavy atom. The number of nitriles is 1. The molecular formula is C10H11N3O2S. The number of methoxy groups -OCH3 is 1. The largest absolute Gasteiger partial charge is 0.364 e. The van der Waals surface area contributed by atoms with Crippen LogP contribution in [0.5, 0.6) is 0 Å². The minimum absolute atomic E-state index is 0.161. The maximum atomic E-state index is 11.2. The monoisotopic (exact) mass is 237 g/mol. The van der Waals surface area contributed by atoms with Crippen LogP contribution in [0.4, 0.5) is 10.5 Å². The summed E-state index contributed by atoms with van der Waals surface area (Å²) in [6.07, 6.45) is 0. The van der Waals surface area contributed by atoms with Crippen molar-refractivity contribution in [1.82, 2.24) is 5.32 Å². The Morgan fingerprint density at radius 1 is 1.50 bits per heavy atom. The molecule has 0 saturated carbocycles. The van der Waals surface area contributed by atoms with E-state index in [0.717, 1.165) is 16.7 Å². The number of carbonyl (C=O) groups is 1. The van der Waals surface area contributed by atoms with E-state index in [2.05, 4.69) is 15.4 Å². The first-order chi connectivity index (χ1) is 7.76. The van der Waals surface area contributed by atoms with Gasteiger partial charge in [0.25, 0.3) is 0 Å². The van der Waals surface area contributed by atoms with Crippen LogP contribution in [-0.2, 0) is 4.74 Å². The number of ether oxygens (including phenoxy) is 1. The second-order valence-corrected chi connectivity index (χ2v) is 3.64. The van der Waals surface area contributed by atoms with Gasteiger partial charge in [0.15, 0.2) is 0 Å². The second kappa shape index (κ2) is 6.71. The number of hydrogen-bond acceptors (Lipinski definition) is 4. The van der Waals surface area contributed by atoms with Crippen molar-refractivity contribution in [2.75, 3.05) is 19.2 Å². The number of nitrogens with one attached hydrogen (secondary N) is 2. The number of thioether (sulfide) groups is 1. The van der Waals surface area contributed by atoms with Crippen LogP contribution in [0, 0.1) is 10.7 Å². The number of urea groups is 1. The average molecular weight is 237 g/mol. The predicted octanol–water partition coefficient (Wildman–Crippen LogP) is 1.99. The topological polar surface area (TPSA) is 74.2 Å². The molecule has 0 aliphatic heterocycles. The fourth-order valence-corrected chi connectivity index (χ4v) is 1.35. The highest BCUT2D eigenvalue weighted by molar-refractivity contribution is 8.03. The van der Waals surface area contributed by atoms with Crippen molar-refractivity contribution in [3.63, 3.8) is 0 Å². The van der Waals surface area contributed by atoms with Crippen LogP contribution >= 0.6 is 11.8 Å². The van der Waals surface area contributed by atoms with E-state index in [1.165, 1.54) is 7.11 Å². The van der Waals surface area contributed by atoms with E-state index in [1.54, 1.807) is 24.3 Å². The first-order valence-corrected chi connectivity index (χ1v) is 5.27. The van der Waals surface area contributed by atoms with Crippen molar-refractivity contribution in [1.29, 1.82) is 5.26 Å². The summed E-state index contributed by atoms with van der Waals surface area (Å²) in [5, 5.41) is 15.5. The molecule has 0 aliphatic rings.